The molecule has 4 aromatic carbocycles. The molecule has 0 atom stereocenters. The number of hydrogen-bond acceptors (Lipinski definition) is 5. The first kappa shape index (κ1) is 38.3. The van der Waals surface area contributed by atoms with Gasteiger partial charge < -0.3 is 14.5 Å². The molecule has 0 bridgehead atoms. The number of aliphatic hydroxyl groups is 1. The number of allylic oxidation sites excluding steroid dienone is 2. The van der Waals surface area contributed by atoms with Crippen molar-refractivity contribution in [1.82, 2.24) is 9.97 Å². The number of carbonyl (C=O) groups excluding carboxylic acids is 1. The number of ketones is 1. The van der Waals surface area contributed by atoms with E-state index in [0.29, 0.717) is 0 Å². The molecule has 0 amide bonds. The van der Waals surface area contributed by atoms with Crippen LogP contribution in [-0.2, 0) is 24.9 Å². The third-order valence-corrected chi connectivity index (χ3v) is 9.95. The van der Waals surface area contributed by atoms with Gasteiger partial charge >= 0.3 is 0 Å². The molecule has 6 heteroatoms. The third kappa shape index (κ3) is 7.94. The summed E-state index contributed by atoms with van der Waals surface area (Å²) >= 11 is 0. The van der Waals surface area contributed by atoms with E-state index in [1.165, 1.54) is 6.08 Å². The molecule has 0 fully saturated rings. The van der Waals surface area contributed by atoms with E-state index < -0.39 is 0 Å². The Hall–Kier alpha value is -4.90. The van der Waals surface area contributed by atoms with Crippen molar-refractivity contribution in [3.63, 3.8) is 0 Å². The maximum atomic E-state index is 11.7. The van der Waals surface area contributed by atoms with E-state index in [1.54, 1.807) is 0 Å². The van der Waals surface area contributed by atoms with Crippen LogP contribution in [-0.4, -0.2) is 20.9 Å². The number of nitrogens with zero attached hydrogens (tertiary/aromatic N) is 2. The van der Waals surface area contributed by atoms with Crippen LogP contribution in [0.25, 0.3) is 66.2 Å². The number of rotatable bonds is 10. The molecule has 1 N–H and O–H groups in total. The fourth-order valence-corrected chi connectivity index (χ4v) is 6.91. The number of pyridine rings is 2. The van der Waals surface area contributed by atoms with E-state index in [9.17, 15) is 9.90 Å². The minimum absolute atomic E-state index is 0. The van der Waals surface area contributed by atoms with Gasteiger partial charge in [0.05, 0.1) is 11.3 Å². The molecule has 267 valence electrons. The van der Waals surface area contributed by atoms with Gasteiger partial charge in [-0.05, 0) is 65.6 Å². The van der Waals surface area contributed by atoms with Crippen molar-refractivity contribution in [2.45, 2.75) is 60.3 Å². The normalized spacial score (nSPS) is 11.6. The molecule has 5 nitrogen and oxygen atoms in total. The fourth-order valence-electron chi connectivity index (χ4n) is 6.91. The van der Waals surface area contributed by atoms with Gasteiger partial charge in [0.2, 0.25) is 0 Å². The average Bonchev–Trinajstić information content (AvgIpc) is 3.57. The number of benzene rings is 4. The maximum Gasteiger partial charge on any atom is 0.162 e. The van der Waals surface area contributed by atoms with E-state index >= 15 is 0 Å². The summed E-state index contributed by atoms with van der Waals surface area (Å²) in [6.07, 6.45) is 10.5. The molecule has 0 unspecified atom stereocenters. The van der Waals surface area contributed by atoms with Gasteiger partial charge in [0.25, 0.3) is 0 Å². The standard InChI is InChI=1S/C33H21N2O.C13H24O2.Ir/c1-21-13-14-27(30-19-24(16-18-35-30)22-7-3-2-4-8-22)33-31(21)28-12-6-11-26(32(28)36-33)25-10-5-9-23-15-17-34-20-29(23)25;1-5-10(6-2)12(14)9-13(15)11(7-3)8-4;/h2-13,15-20H,1H3;9-11,14H,5-8H2,1-4H3;/q-1;;/b;12-9-;. The van der Waals surface area contributed by atoms with Gasteiger partial charge in [-0.2, -0.15) is 0 Å². The Labute approximate surface area is 320 Å². The van der Waals surface area contributed by atoms with E-state index in [4.69, 9.17) is 9.40 Å². The van der Waals surface area contributed by atoms with Crippen molar-refractivity contribution < 1.29 is 34.4 Å². The molecule has 3 heterocycles. The summed E-state index contributed by atoms with van der Waals surface area (Å²) in [5.74, 6) is 0.547. The minimum Gasteiger partial charge on any atom is -0.512 e. The Balaban J connectivity index is 0.000000280. The molecular formula is C46H45IrN2O3-. The number of para-hydroxylation sites is 1. The summed E-state index contributed by atoms with van der Waals surface area (Å²) in [5.41, 5.74) is 8.95. The fraction of sp³-hybridized carbons (Fsp3) is 0.239. The van der Waals surface area contributed by atoms with Crippen molar-refractivity contribution in [3.05, 3.63) is 133 Å². The molecular weight excluding hydrogens is 821 g/mol. The molecule has 0 spiro atoms. The minimum atomic E-state index is 0. The first-order valence-corrected chi connectivity index (χ1v) is 18.0. The second kappa shape index (κ2) is 17.5. The summed E-state index contributed by atoms with van der Waals surface area (Å²) in [6, 6.07) is 34.7. The van der Waals surface area contributed by atoms with Gasteiger partial charge in [-0.3, -0.25) is 9.78 Å². The predicted molar refractivity (Wildman–Crippen MR) is 211 cm³/mol. The van der Waals surface area contributed by atoms with Crippen molar-refractivity contribution in [1.29, 1.82) is 0 Å². The van der Waals surface area contributed by atoms with Gasteiger partial charge in [0.1, 0.15) is 5.58 Å². The zero-order valence-corrected chi connectivity index (χ0v) is 32.8. The van der Waals surface area contributed by atoms with Crippen molar-refractivity contribution in [2.75, 3.05) is 0 Å². The largest absolute Gasteiger partial charge is 0.512 e. The van der Waals surface area contributed by atoms with Crippen molar-refractivity contribution in [3.8, 4) is 33.5 Å². The van der Waals surface area contributed by atoms with Gasteiger partial charge in [0, 0.05) is 72.9 Å². The van der Waals surface area contributed by atoms with E-state index in [0.717, 1.165) is 97.5 Å². The van der Waals surface area contributed by atoms with Crippen LogP contribution in [0, 0.1) is 24.8 Å². The molecule has 0 aliphatic heterocycles. The van der Waals surface area contributed by atoms with Crippen LogP contribution in [0.15, 0.2) is 126 Å². The summed E-state index contributed by atoms with van der Waals surface area (Å²) < 4.78 is 6.71. The second-order valence-corrected chi connectivity index (χ2v) is 13.0. The Kier molecular flexibility index (Phi) is 12.9. The van der Waals surface area contributed by atoms with Crippen LogP contribution >= 0.6 is 0 Å². The first-order valence-electron chi connectivity index (χ1n) is 18.0. The molecule has 1 radical (unpaired) electrons. The van der Waals surface area contributed by atoms with Gasteiger partial charge in [0.15, 0.2) is 5.78 Å². The smallest absolute Gasteiger partial charge is 0.162 e. The molecule has 0 saturated heterocycles. The van der Waals surface area contributed by atoms with Crippen LogP contribution < -0.4 is 0 Å². The monoisotopic (exact) mass is 866 g/mol. The molecule has 52 heavy (non-hydrogen) atoms. The number of aromatic nitrogens is 2. The Morgan fingerprint density at radius 1 is 0.788 bits per heavy atom. The number of carbonyl (C=O) groups is 1. The van der Waals surface area contributed by atoms with Crippen molar-refractivity contribution in [2.24, 2.45) is 11.8 Å². The number of fused-ring (bicyclic) bond motifs is 4. The van der Waals surface area contributed by atoms with Crippen molar-refractivity contribution >= 4 is 38.5 Å². The first-order chi connectivity index (χ1) is 24.9. The maximum absolute atomic E-state index is 11.7. The number of hydrogen-bond donors (Lipinski definition) is 1. The molecule has 3 aromatic heterocycles. The van der Waals surface area contributed by atoms with Gasteiger partial charge in [-0.25, -0.2) is 0 Å². The number of furan rings is 1. The predicted octanol–water partition coefficient (Wildman–Crippen LogP) is 12.5. The second-order valence-electron chi connectivity index (χ2n) is 13.0. The molecule has 0 saturated carbocycles. The Morgan fingerprint density at radius 2 is 1.50 bits per heavy atom. The third-order valence-electron chi connectivity index (χ3n) is 9.95. The summed E-state index contributed by atoms with van der Waals surface area (Å²) in [5, 5.41) is 14.2. The van der Waals surface area contributed by atoms with Crippen LogP contribution in [0.5, 0.6) is 0 Å². The van der Waals surface area contributed by atoms with Gasteiger partial charge in [-0.15, -0.1) is 17.7 Å². The van der Waals surface area contributed by atoms with Gasteiger partial charge in [-0.1, -0.05) is 118 Å². The molecule has 0 aliphatic carbocycles. The average molecular weight is 866 g/mol. The van der Waals surface area contributed by atoms with E-state index in [1.807, 2.05) is 70.6 Å². The topological polar surface area (TPSA) is 76.2 Å². The van der Waals surface area contributed by atoms with E-state index in [2.05, 4.69) is 84.7 Å². The van der Waals surface area contributed by atoms with E-state index in [-0.39, 0.29) is 43.5 Å². The summed E-state index contributed by atoms with van der Waals surface area (Å²) in [6.45, 7) is 10.2. The molecule has 0 aliphatic rings. The van der Waals surface area contributed by atoms with Crippen LogP contribution in [0.1, 0.15) is 58.9 Å². The SMILES string of the molecule is CCC(CC)C(=O)/C=C(\O)C(CC)CC.Cc1c[c-]c(-c2cc(-c3ccccc3)ccn2)c2oc3c(-c4cccc5ccncc45)cccc3c12.[Ir]. The Morgan fingerprint density at radius 3 is 2.23 bits per heavy atom. The number of aliphatic hydroxyl groups excluding tert-OH is 1. The van der Waals surface area contributed by atoms with Crippen LogP contribution in [0.3, 0.4) is 0 Å². The zero-order chi connectivity index (χ0) is 35.9. The summed E-state index contributed by atoms with van der Waals surface area (Å²) in [4.78, 5) is 20.8. The zero-order valence-electron chi connectivity index (χ0n) is 30.4. The number of aryl methyl sites for hydroxylation is 1. The quantitative estimate of drug-likeness (QED) is 0.0842. The molecule has 7 rings (SSSR count). The summed E-state index contributed by atoms with van der Waals surface area (Å²) in [7, 11) is 0. The Bertz CT molecular complexity index is 2310. The molecule has 7 aromatic rings. The van der Waals surface area contributed by atoms with Crippen LogP contribution in [0.4, 0.5) is 0 Å². The van der Waals surface area contributed by atoms with Crippen LogP contribution in [0.2, 0.25) is 0 Å².